The van der Waals surface area contributed by atoms with Gasteiger partial charge in [0.25, 0.3) is 0 Å². The fraction of sp³-hybridized carbons (Fsp3) is 0.757. The summed E-state index contributed by atoms with van der Waals surface area (Å²) >= 11 is 0. The quantitative estimate of drug-likeness (QED) is 0.0261. The molecule has 0 aromatic rings. The van der Waals surface area contributed by atoms with Crippen molar-refractivity contribution < 1.29 is 28.6 Å². The van der Waals surface area contributed by atoms with Gasteiger partial charge in [0.15, 0.2) is 6.10 Å². The minimum Gasteiger partial charge on any atom is -0.462 e. The Labute approximate surface area is 471 Å². The molecular formula is C70H122O6. The Bertz CT molecular complexity index is 1450. The molecule has 76 heavy (non-hydrogen) atoms. The zero-order chi connectivity index (χ0) is 55.0. The molecule has 0 amide bonds. The fourth-order valence-electron chi connectivity index (χ4n) is 9.17. The summed E-state index contributed by atoms with van der Waals surface area (Å²) in [5.74, 6) is -0.896. The van der Waals surface area contributed by atoms with Gasteiger partial charge in [-0.15, -0.1) is 0 Å². The van der Waals surface area contributed by atoms with E-state index >= 15 is 0 Å². The number of rotatable bonds is 59. The average molecular weight is 1060 g/mol. The summed E-state index contributed by atoms with van der Waals surface area (Å²) in [5.41, 5.74) is 0. The van der Waals surface area contributed by atoms with Crippen LogP contribution in [0.3, 0.4) is 0 Å². The Hall–Kier alpha value is -3.41. The molecule has 0 rings (SSSR count). The highest BCUT2D eigenvalue weighted by Crippen LogP contribution is 2.16. The van der Waals surface area contributed by atoms with Gasteiger partial charge in [0.05, 0.1) is 0 Å². The van der Waals surface area contributed by atoms with Gasteiger partial charge < -0.3 is 14.2 Å². The number of unbranched alkanes of at least 4 members (excludes halogenated alkanes) is 34. The second kappa shape index (κ2) is 64.1. The molecule has 0 aliphatic carbocycles. The second-order valence-corrected chi connectivity index (χ2v) is 21.7. The minimum absolute atomic E-state index is 0.0836. The molecule has 0 saturated carbocycles. The molecule has 0 aromatic carbocycles. The van der Waals surface area contributed by atoms with E-state index in [2.05, 4.69) is 106 Å². The third-order valence-electron chi connectivity index (χ3n) is 14.1. The van der Waals surface area contributed by atoms with Crippen molar-refractivity contribution in [3.63, 3.8) is 0 Å². The number of ether oxygens (including phenoxy) is 3. The normalized spacial score (nSPS) is 12.6. The predicted molar refractivity (Wildman–Crippen MR) is 330 cm³/mol. The number of carbonyl (C=O) groups is 3. The highest BCUT2D eigenvalue weighted by atomic mass is 16.6. The smallest absolute Gasteiger partial charge is 0.306 e. The van der Waals surface area contributed by atoms with Crippen LogP contribution in [0.5, 0.6) is 0 Å². The van der Waals surface area contributed by atoms with Gasteiger partial charge in [0.1, 0.15) is 13.2 Å². The molecule has 0 aliphatic heterocycles. The standard InChI is InChI=1S/C70H122O6/c1-4-7-10-13-16-19-22-24-26-28-30-32-34-35-37-38-40-42-44-46-48-51-54-57-60-63-69(72)75-66-67(65-74-68(71)62-59-56-53-50-21-18-15-12-9-6-3)76-70(73)64-61-58-55-52-49-47-45-43-41-39-36-33-31-29-27-25-23-20-17-14-11-8-5-2/h12,15,22-25,28-31,34-36,39,67H,4-11,13-14,16-21,26-27,32-33,37-38,40-66H2,1-3H3/b15-12-,24-22-,25-23-,30-28-,31-29-,35-34-,39-36-. The molecule has 6 nitrogen and oxygen atoms in total. The monoisotopic (exact) mass is 1060 g/mol. The molecule has 0 aromatic heterocycles. The van der Waals surface area contributed by atoms with Crippen molar-refractivity contribution in [1.29, 1.82) is 0 Å². The SMILES string of the molecule is CCC/C=C\CCCCCCCC(=O)OCC(COC(=O)CCCCCCCCCCCC/C=C\C/C=C\C/C=C\CCCCCCC)OC(=O)CCCCCCCCCC/C=C\C/C=C\C/C=C\CCCCCCC. The van der Waals surface area contributed by atoms with Crippen LogP contribution in [-0.2, 0) is 28.6 Å². The molecule has 0 N–H and O–H groups in total. The number of esters is 3. The van der Waals surface area contributed by atoms with Crippen LogP contribution in [0, 0.1) is 0 Å². The summed E-state index contributed by atoms with van der Waals surface area (Å²) in [7, 11) is 0. The molecule has 1 unspecified atom stereocenters. The van der Waals surface area contributed by atoms with Gasteiger partial charge in [0.2, 0.25) is 0 Å². The lowest BCUT2D eigenvalue weighted by Crippen LogP contribution is -2.30. The first-order valence-corrected chi connectivity index (χ1v) is 32.6. The van der Waals surface area contributed by atoms with Gasteiger partial charge in [-0.2, -0.15) is 0 Å². The van der Waals surface area contributed by atoms with Crippen LogP contribution in [0.15, 0.2) is 85.1 Å². The van der Waals surface area contributed by atoms with E-state index in [-0.39, 0.29) is 31.1 Å². The minimum atomic E-state index is -0.787. The van der Waals surface area contributed by atoms with Gasteiger partial charge >= 0.3 is 17.9 Å². The molecule has 0 spiro atoms. The predicted octanol–water partition coefficient (Wildman–Crippen LogP) is 22.3. The van der Waals surface area contributed by atoms with Gasteiger partial charge in [0, 0.05) is 19.3 Å². The van der Waals surface area contributed by atoms with Crippen LogP contribution >= 0.6 is 0 Å². The molecule has 438 valence electrons. The summed E-state index contributed by atoms with van der Waals surface area (Å²) < 4.78 is 16.9. The molecule has 0 saturated heterocycles. The largest absolute Gasteiger partial charge is 0.462 e. The molecule has 0 heterocycles. The third-order valence-corrected chi connectivity index (χ3v) is 14.1. The molecule has 0 aliphatic rings. The number of allylic oxidation sites excluding steroid dienone is 14. The van der Waals surface area contributed by atoms with E-state index in [1.54, 1.807) is 0 Å². The molecule has 0 fully saturated rings. The van der Waals surface area contributed by atoms with E-state index in [4.69, 9.17) is 14.2 Å². The lowest BCUT2D eigenvalue weighted by atomic mass is 10.1. The summed E-state index contributed by atoms with van der Waals surface area (Å²) in [4.78, 5) is 38.2. The maximum atomic E-state index is 12.9. The first-order valence-electron chi connectivity index (χ1n) is 32.6. The highest BCUT2D eigenvalue weighted by molar-refractivity contribution is 5.71. The Morgan fingerprint density at radius 3 is 0.803 bits per heavy atom. The lowest BCUT2D eigenvalue weighted by molar-refractivity contribution is -0.167. The van der Waals surface area contributed by atoms with Crippen molar-refractivity contribution in [2.45, 2.75) is 329 Å². The van der Waals surface area contributed by atoms with Crippen molar-refractivity contribution in [3.05, 3.63) is 85.1 Å². The Kier molecular flexibility index (Phi) is 61.2. The lowest BCUT2D eigenvalue weighted by Gasteiger charge is -2.18. The van der Waals surface area contributed by atoms with Crippen LogP contribution in [0.2, 0.25) is 0 Å². The highest BCUT2D eigenvalue weighted by Gasteiger charge is 2.19. The summed E-state index contributed by atoms with van der Waals surface area (Å²) in [5, 5.41) is 0. The van der Waals surface area contributed by atoms with Crippen molar-refractivity contribution in [1.82, 2.24) is 0 Å². The van der Waals surface area contributed by atoms with E-state index in [9.17, 15) is 14.4 Å². The fourth-order valence-corrected chi connectivity index (χ4v) is 9.17. The van der Waals surface area contributed by atoms with E-state index < -0.39 is 6.10 Å². The summed E-state index contributed by atoms with van der Waals surface area (Å²) in [6.07, 6.45) is 84.5. The maximum Gasteiger partial charge on any atom is 0.306 e. The van der Waals surface area contributed by atoms with Crippen LogP contribution in [0.4, 0.5) is 0 Å². The number of hydrogen-bond acceptors (Lipinski definition) is 6. The first-order chi connectivity index (χ1) is 37.5. The van der Waals surface area contributed by atoms with Crippen LogP contribution in [-0.4, -0.2) is 37.2 Å². The number of carbonyl (C=O) groups excluding carboxylic acids is 3. The van der Waals surface area contributed by atoms with Crippen molar-refractivity contribution >= 4 is 17.9 Å². The topological polar surface area (TPSA) is 78.9 Å². The Morgan fingerprint density at radius 1 is 0.263 bits per heavy atom. The summed E-state index contributed by atoms with van der Waals surface area (Å²) in [6, 6.07) is 0. The molecule has 1 atom stereocenters. The van der Waals surface area contributed by atoms with E-state index in [1.165, 1.54) is 180 Å². The van der Waals surface area contributed by atoms with E-state index in [1.807, 2.05) is 0 Å². The van der Waals surface area contributed by atoms with Gasteiger partial charge in [-0.1, -0.05) is 273 Å². The third kappa shape index (κ3) is 61.4. The molecule has 0 radical (unpaired) electrons. The maximum absolute atomic E-state index is 12.9. The number of hydrogen-bond donors (Lipinski definition) is 0. The zero-order valence-electron chi connectivity index (χ0n) is 50.3. The summed E-state index contributed by atoms with van der Waals surface area (Å²) in [6.45, 7) is 6.57. The zero-order valence-corrected chi connectivity index (χ0v) is 50.3. The van der Waals surface area contributed by atoms with Crippen LogP contribution < -0.4 is 0 Å². The van der Waals surface area contributed by atoms with Crippen molar-refractivity contribution in [2.75, 3.05) is 13.2 Å². The Balaban J connectivity index is 4.27. The van der Waals surface area contributed by atoms with Crippen molar-refractivity contribution in [2.24, 2.45) is 0 Å². The molecule has 6 heteroatoms. The second-order valence-electron chi connectivity index (χ2n) is 21.7. The first kappa shape index (κ1) is 72.6. The van der Waals surface area contributed by atoms with Crippen molar-refractivity contribution in [3.8, 4) is 0 Å². The van der Waals surface area contributed by atoms with Gasteiger partial charge in [-0.25, -0.2) is 0 Å². The van der Waals surface area contributed by atoms with E-state index in [0.29, 0.717) is 19.3 Å². The van der Waals surface area contributed by atoms with Gasteiger partial charge in [-0.3, -0.25) is 14.4 Å². The molecule has 0 bridgehead atoms. The van der Waals surface area contributed by atoms with Crippen LogP contribution in [0.25, 0.3) is 0 Å². The van der Waals surface area contributed by atoms with Crippen LogP contribution in [0.1, 0.15) is 323 Å². The molecular weight excluding hydrogens is 937 g/mol. The van der Waals surface area contributed by atoms with E-state index in [0.717, 1.165) is 103 Å². The Morgan fingerprint density at radius 2 is 0.500 bits per heavy atom. The van der Waals surface area contributed by atoms with Gasteiger partial charge in [-0.05, 0) is 116 Å². The average Bonchev–Trinajstić information content (AvgIpc) is 3.42.